The summed E-state index contributed by atoms with van der Waals surface area (Å²) in [6.45, 7) is 4.05. The predicted molar refractivity (Wildman–Crippen MR) is 52.5 cm³/mol. The second-order valence-electron chi connectivity index (χ2n) is 2.96. The summed E-state index contributed by atoms with van der Waals surface area (Å²) in [5.41, 5.74) is 5.77. The summed E-state index contributed by atoms with van der Waals surface area (Å²) in [7, 11) is 1.70. The summed E-state index contributed by atoms with van der Waals surface area (Å²) >= 11 is 1.74. The van der Waals surface area contributed by atoms with Crippen LogP contribution in [0.4, 0.5) is 0 Å². The second-order valence-corrected chi connectivity index (χ2v) is 4.28. The van der Waals surface area contributed by atoms with E-state index in [9.17, 15) is 0 Å². The van der Waals surface area contributed by atoms with Crippen molar-refractivity contribution < 1.29 is 4.74 Å². The molecule has 1 heterocycles. The Morgan fingerprint density at radius 2 is 2.17 bits per heavy atom. The fourth-order valence-electron chi connectivity index (χ4n) is 1.20. The summed E-state index contributed by atoms with van der Waals surface area (Å²) in [5, 5.41) is 0. The van der Waals surface area contributed by atoms with Crippen LogP contribution in [0.1, 0.15) is 22.8 Å². The maximum Gasteiger partial charge on any atom is 0.106 e. The van der Waals surface area contributed by atoms with Crippen molar-refractivity contribution in [2.45, 2.75) is 26.0 Å². The molecule has 0 radical (unpaired) electrons. The van der Waals surface area contributed by atoms with Gasteiger partial charge in [0, 0.05) is 22.9 Å². The highest BCUT2D eigenvalue weighted by Crippen LogP contribution is 2.26. The van der Waals surface area contributed by atoms with E-state index in [1.165, 1.54) is 9.75 Å². The second kappa shape index (κ2) is 4.03. The van der Waals surface area contributed by atoms with Gasteiger partial charge in [-0.2, -0.15) is 0 Å². The lowest BCUT2D eigenvalue weighted by Gasteiger charge is -2.17. The predicted octanol–water partition coefficient (Wildman–Crippen LogP) is 2.09. The fourth-order valence-corrected chi connectivity index (χ4v) is 2.27. The highest BCUT2D eigenvalue weighted by Gasteiger charge is 2.16. The van der Waals surface area contributed by atoms with E-state index < -0.39 is 0 Å². The third kappa shape index (κ3) is 2.06. The van der Waals surface area contributed by atoms with Crippen LogP contribution in [0.25, 0.3) is 0 Å². The van der Waals surface area contributed by atoms with E-state index in [0.717, 1.165) is 0 Å². The Hall–Kier alpha value is -0.380. The highest BCUT2D eigenvalue weighted by molar-refractivity contribution is 7.12. The van der Waals surface area contributed by atoms with Gasteiger partial charge in [0.05, 0.1) is 0 Å². The van der Waals surface area contributed by atoms with Gasteiger partial charge in [-0.05, 0) is 26.0 Å². The van der Waals surface area contributed by atoms with E-state index in [1.807, 2.05) is 6.92 Å². The van der Waals surface area contributed by atoms with Crippen molar-refractivity contribution in [1.29, 1.82) is 0 Å². The van der Waals surface area contributed by atoms with Gasteiger partial charge in [-0.1, -0.05) is 0 Å². The van der Waals surface area contributed by atoms with E-state index >= 15 is 0 Å². The molecule has 0 aliphatic heterocycles. The molecule has 2 N–H and O–H groups in total. The first-order valence-corrected chi connectivity index (χ1v) is 4.81. The first-order valence-electron chi connectivity index (χ1n) is 4.00. The van der Waals surface area contributed by atoms with E-state index in [1.54, 1.807) is 18.4 Å². The van der Waals surface area contributed by atoms with Crippen LogP contribution in [-0.2, 0) is 4.74 Å². The van der Waals surface area contributed by atoms with Gasteiger partial charge < -0.3 is 10.5 Å². The van der Waals surface area contributed by atoms with Crippen molar-refractivity contribution in [2.24, 2.45) is 5.73 Å². The van der Waals surface area contributed by atoms with Gasteiger partial charge in [0.25, 0.3) is 0 Å². The topological polar surface area (TPSA) is 35.2 Å². The molecule has 2 nitrogen and oxygen atoms in total. The minimum absolute atomic E-state index is 0.0451. The van der Waals surface area contributed by atoms with Crippen LogP contribution >= 0.6 is 11.3 Å². The number of thiophene rings is 1. The number of ether oxygens (including phenoxy) is 1. The molecule has 0 aromatic carbocycles. The largest absolute Gasteiger partial charge is 0.374 e. The third-order valence-electron chi connectivity index (χ3n) is 1.77. The van der Waals surface area contributed by atoms with Crippen LogP contribution in [0, 0.1) is 6.92 Å². The number of hydrogen-bond donors (Lipinski definition) is 1. The zero-order valence-corrected chi connectivity index (χ0v) is 8.52. The van der Waals surface area contributed by atoms with Crippen molar-refractivity contribution in [3.8, 4) is 0 Å². The number of hydrogen-bond acceptors (Lipinski definition) is 3. The number of aryl methyl sites for hydroxylation is 1. The van der Waals surface area contributed by atoms with Crippen LogP contribution in [0.5, 0.6) is 0 Å². The van der Waals surface area contributed by atoms with Gasteiger partial charge in [-0.25, -0.2) is 0 Å². The zero-order valence-electron chi connectivity index (χ0n) is 7.70. The minimum atomic E-state index is 0.0451. The third-order valence-corrected chi connectivity index (χ3v) is 2.84. The minimum Gasteiger partial charge on any atom is -0.374 e. The van der Waals surface area contributed by atoms with Crippen LogP contribution in [-0.4, -0.2) is 13.2 Å². The van der Waals surface area contributed by atoms with Crippen LogP contribution in [0.15, 0.2) is 12.1 Å². The first-order chi connectivity index (χ1) is 5.65. The smallest absolute Gasteiger partial charge is 0.106 e. The van der Waals surface area contributed by atoms with Crippen molar-refractivity contribution in [3.63, 3.8) is 0 Å². The molecule has 0 aliphatic rings. The molecule has 0 saturated carbocycles. The number of methoxy groups -OCH3 is 1. The quantitative estimate of drug-likeness (QED) is 0.782. The molecule has 3 heteroatoms. The lowest BCUT2D eigenvalue weighted by Crippen LogP contribution is -2.25. The molecule has 12 heavy (non-hydrogen) atoms. The highest BCUT2D eigenvalue weighted by atomic mass is 32.1. The molecule has 2 atom stereocenters. The Kier molecular flexibility index (Phi) is 3.26. The molecule has 0 fully saturated rings. The van der Waals surface area contributed by atoms with Gasteiger partial charge in [0.1, 0.15) is 6.10 Å². The monoisotopic (exact) mass is 185 g/mol. The Morgan fingerprint density at radius 3 is 2.50 bits per heavy atom. The van der Waals surface area contributed by atoms with E-state index in [0.29, 0.717) is 0 Å². The van der Waals surface area contributed by atoms with Crippen molar-refractivity contribution in [3.05, 3.63) is 21.9 Å². The summed E-state index contributed by atoms with van der Waals surface area (Å²) in [4.78, 5) is 2.51. The van der Waals surface area contributed by atoms with Crippen molar-refractivity contribution in [2.75, 3.05) is 7.11 Å². The molecule has 68 valence electrons. The maximum atomic E-state index is 5.77. The van der Waals surface area contributed by atoms with Gasteiger partial charge in [-0.15, -0.1) is 11.3 Å². The van der Waals surface area contributed by atoms with Gasteiger partial charge in [0.15, 0.2) is 0 Å². The molecule has 0 spiro atoms. The number of nitrogens with two attached hydrogens (primary N) is 1. The molecular formula is C9H15NOS. The van der Waals surface area contributed by atoms with E-state index in [4.69, 9.17) is 10.5 Å². The Balaban J connectivity index is 2.80. The average Bonchev–Trinajstić information content (AvgIpc) is 2.37. The Labute approximate surface area is 77.3 Å². The Bertz CT molecular complexity index is 244. The molecule has 0 aliphatic carbocycles. The molecule has 0 amide bonds. The van der Waals surface area contributed by atoms with E-state index in [2.05, 4.69) is 19.1 Å². The summed E-state index contributed by atoms with van der Waals surface area (Å²) in [6, 6.07) is 4.22. The molecule has 1 rings (SSSR count). The average molecular weight is 185 g/mol. The van der Waals surface area contributed by atoms with Gasteiger partial charge in [0.2, 0.25) is 0 Å². The van der Waals surface area contributed by atoms with Gasteiger partial charge in [-0.3, -0.25) is 0 Å². The maximum absolute atomic E-state index is 5.77. The molecule has 1 aromatic heterocycles. The van der Waals surface area contributed by atoms with Crippen LogP contribution in [0.2, 0.25) is 0 Å². The normalized spacial score (nSPS) is 16.0. The molecule has 0 bridgehead atoms. The lowest BCUT2D eigenvalue weighted by molar-refractivity contribution is 0.0882. The van der Waals surface area contributed by atoms with Crippen molar-refractivity contribution in [1.82, 2.24) is 0 Å². The molecule has 2 unspecified atom stereocenters. The van der Waals surface area contributed by atoms with E-state index in [-0.39, 0.29) is 12.1 Å². The molecule has 0 saturated heterocycles. The summed E-state index contributed by atoms with van der Waals surface area (Å²) in [6.07, 6.45) is 0.0451. The van der Waals surface area contributed by atoms with Gasteiger partial charge >= 0.3 is 0 Å². The van der Waals surface area contributed by atoms with Crippen molar-refractivity contribution >= 4 is 11.3 Å². The molecule has 1 aromatic rings. The lowest BCUT2D eigenvalue weighted by atomic mass is 10.1. The SMILES string of the molecule is COC(c1ccc(C)s1)C(C)N. The zero-order chi connectivity index (χ0) is 9.14. The summed E-state index contributed by atoms with van der Waals surface area (Å²) in [5.74, 6) is 0. The standard InChI is InChI=1S/C9H15NOS/c1-6-4-5-8(12-6)9(11-3)7(2)10/h4-5,7,9H,10H2,1-3H3. The Morgan fingerprint density at radius 1 is 1.50 bits per heavy atom. The number of rotatable bonds is 3. The first kappa shape index (κ1) is 9.71. The van der Waals surface area contributed by atoms with Crippen LogP contribution in [0.3, 0.4) is 0 Å². The molecular weight excluding hydrogens is 170 g/mol. The fraction of sp³-hybridized carbons (Fsp3) is 0.556. The van der Waals surface area contributed by atoms with Crippen LogP contribution < -0.4 is 5.73 Å². The summed E-state index contributed by atoms with van der Waals surface area (Å²) < 4.78 is 5.30.